The maximum atomic E-state index is 12.1. The van der Waals surface area contributed by atoms with Gasteiger partial charge in [-0.25, -0.2) is 12.7 Å². The van der Waals surface area contributed by atoms with Gasteiger partial charge in [-0.15, -0.1) is 0 Å². The monoisotopic (exact) mass is 493 g/mol. The fraction of sp³-hybridized carbons (Fsp3) is 0.529. The van der Waals surface area contributed by atoms with Gasteiger partial charge in [0.25, 0.3) is 5.91 Å². The molecule has 9 heteroatoms. The largest absolute Gasteiger partial charge is 0.352 e. The smallest absolute Gasteiger partial charge is 0.252 e. The van der Waals surface area contributed by atoms with Crippen LogP contribution >= 0.6 is 22.6 Å². The molecule has 144 valence electrons. The highest BCUT2D eigenvalue weighted by Gasteiger charge is 2.27. The van der Waals surface area contributed by atoms with Gasteiger partial charge in [0.05, 0.1) is 17.9 Å². The molecule has 0 aliphatic carbocycles. The Kier molecular flexibility index (Phi) is 7.84. The van der Waals surface area contributed by atoms with Crippen LogP contribution in [0.15, 0.2) is 24.3 Å². The normalized spacial score (nSPS) is 16.2. The topological polar surface area (TPSA) is 95.6 Å². The van der Waals surface area contributed by atoms with E-state index < -0.39 is 10.0 Å². The first-order valence-corrected chi connectivity index (χ1v) is 11.3. The number of rotatable bonds is 7. The van der Waals surface area contributed by atoms with Crippen LogP contribution in [0.25, 0.3) is 0 Å². The summed E-state index contributed by atoms with van der Waals surface area (Å²) in [4.78, 5) is 24.2. The Hall–Kier alpha value is -1.20. The van der Waals surface area contributed by atoms with Crippen LogP contribution in [0.2, 0.25) is 0 Å². The van der Waals surface area contributed by atoms with Crippen molar-refractivity contribution in [3.8, 4) is 0 Å². The molecular weight excluding hydrogens is 469 g/mol. The van der Waals surface area contributed by atoms with Crippen LogP contribution in [0.3, 0.4) is 0 Å². The molecule has 1 aliphatic heterocycles. The molecular formula is C17H24IN3O4S. The summed E-state index contributed by atoms with van der Waals surface area (Å²) < 4.78 is 26.4. The SMILES string of the molecule is CCCS(=O)(=O)N1CCC(NC(=O)CNC(=O)c2ccccc2I)CC1. The van der Waals surface area contributed by atoms with Crippen molar-refractivity contribution in [3.63, 3.8) is 0 Å². The van der Waals surface area contributed by atoms with Gasteiger partial charge < -0.3 is 10.6 Å². The van der Waals surface area contributed by atoms with Crippen molar-refractivity contribution in [1.82, 2.24) is 14.9 Å². The second kappa shape index (κ2) is 9.65. The fourth-order valence-corrected chi connectivity index (χ4v) is 5.02. The lowest BCUT2D eigenvalue weighted by Gasteiger charge is -2.31. The molecule has 7 nitrogen and oxygen atoms in total. The summed E-state index contributed by atoms with van der Waals surface area (Å²) in [6.45, 7) is 2.58. The molecule has 1 heterocycles. The van der Waals surface area contributed by atoms with Crippen LogP contribution in [-0.2, 0) is 14.8 Å². The average Bonchev–Trinajstić information content (AvgIpc) is 2.60. The lowest BCUT2D eigenvalue weighted by Crippen LogP contribution is -2.49. The highest BCUT2D eigenvalue weighted by atomic mass is 127. The number of nitrogens with zero attached hydrogens (tertiary/aromatic N) is 1. The van der Waals surface area contributed by atoms with E-state index in [1.165, 1.54) is 4.31 Å². The Labute approximate surface area is 168 Å². The second-order valence-electron chi connectivity index (χ2n) is 6.22. The highest BCUT2D eigenvalue weighted by Crippen LogP contribution is 2.15. The van der Waals surface area contributed by atoms with Crippen LogP contribution in [0.5, 0.6) is 0 Å². The molecule has 2 amide bonds. The number of benzene rings is 1. The van der Waals surface area contributed by atoms with Crippen molar-refractivity contribution >= 4 is 44.4 Å². The van der Waals surface area contributed by atoms with Gasteiger partial charge in [-0.05, 0) is 54.0 Å². The number of piperidine rings is 1. The lowest BCUT2D eigenvalue weighted by atomic mass is 10.1. The Morgan fingerprint density at radius 3 is 2.50 bits per heavy atom. The Bertz CT molecular complexity index is 746. The summed E-state index contributed by atoms with van der Waals surface area (Å²) in [5.74, 6) is -0.390. The molecule has 0 bridgehead atoms. The van der Waals surface area contributed by atoms with Gasteiger partial charge in [0.1, 0.15) is 0 Å². The van der Waals surface area contributed by atoms with E-state index in [2.05, 4.69) is 33.2 Å². The summed E-state index contributed by atoms with van der Waals surface area (Å²) in [6.07, 6.45) is 1.76. The summed E-state index contributed by atoms with van der Waals surface area (Å²) in [5.41, 5.74) is 0.537. The fourth-order valence-electron chi connectivity index (χ4n) is 2.85. The average molecular weight is 493 g/mol. The summed E-state index contributed by atoms with van der Waals surface area (Å²) >= 11 is 2.08. The van der Waals surface area contributed by atoms with Crippen LogP contribution in [-0.4, -0.2) is 56.0 Å². The minimum Gasteiger partial charge on any atom is -0.352 e. The molecule has 0 radical (unpaired) electrons. The number of halogens is 1. The molecule has 2 rings (SSSR count). The molecule has 1 fully saturated rings. The first kappa shape index (κ1) is 21.1. The summed E-state index contributed by atoms with van der Waals surface area (Å²) in [5, 5.41) is 5.48. The third kappa shape index (κ3) is 5.92. The van der Waals surface area contributed by atoms with Crippen LogP contribution < -0.4 is 10.6 Å². The molecule has 0 spiro atoms. The molecule has 1 aromatic carbocycles. The van der Waals surface area contributed by atoms with E-state index in [4.69, 9.17) is 0 Å². The lowest BCUT2D eigenvalue weighted by molar-refractivity contribution is -0.121. The summed E-state index contributed by atoms with van der Waals surface area (Å²) in [7, 11) is -3.18. The van der Waals surface area contributed by atoms with E-state index in [0.717, 1.165) is 3.57 Å². The van der Waals surface area contributed by atoms with Gasteiger partial charge in [-0.1, -0.05) is 19.1 Å². The Morgan fingerprint density at radius 2 is 1.88 bits per heavy atom. The quantitative estimate of drug-likeness (QED) is 0.561. The zero-order chi connectivity index (χ0) is 19.2. The van der Waals surface area contributed by atoms with Crippen molar-refractivity contribution in [2.45, 2.75) is 32.2 Å². The number of hydrogen-bond acceptors (Lipinski definition) is 4. The molecule has 0 unspecified atom stereocenters. The number of hydrogen-bond donors (Lipinski definition) is 2. The molecule has 0 saturated carbocycles. The van der Waals surface area contributed by atoms with Gasteiger partial charge in [-0.3, -0.25) is 9.59 Å². The van der Waals surface area contributed by atoms with E-state index >= 15 is 0 Å². The maximum Gasteiger partial charge on any atom is 0.252 e. The first-order chi connectivity index (χ1) is 12.3. The van der Waals surface area contributed by atoms with E-state index in [1.807, 2.05) is 19.1 Å². The van der Waals surface area contributed by atoms with Crippen molar-refractivity contribution < 1.29 is 18.0 Å². The molecule has 1 saturated heterocycles. The Morgan fingerprint density at radius 1 is 1.23 bits per heavy atom. The summed E-state index contributed by atoms with van der Waals surface area (Å²) in [6, 6.07) is 7.09. The predicted molar refractivity (Wildman–Crippen MR) is 108 cm³/mol. The third-order valence-electron chi connectivity index (χ3n) is 4.20. The van der Waals surface area contributed by atoms with E-state index in [9.17, 15) is 18.0 Å². The number of nitrogens with one attached hydrogen (secondary N) is 2. The molecule has 2 N–H and O–H groups in total. The van der Waals surface area contributed by atoms with Crippen molar-refractivity contribution in [2.75, 3.05) is 25.4 Å². The van der Waals surface area contributed by atoms with Crippen LogP contribution in [0.1, 0.15) is 36.5 Å². The second-order valence-corrected chi connectivity index (χ2v) is 9.47. The van der Waals surface area contributed by atoms with E-state index in [-0.39, 0.29) is 30.2 Å². The zero-order valence-corrected chi connectivity index (χ0v) is 17.7. The number of carbonyl (C=O) groups is 2. The number of carbonyl (C=O) groups excluding carboxylic acids is 2. The minimum absolute atomic E-state index is 0.0654. The maximum absolute atomic E-state index is 12.1. The van der Waals surface area contributed by atoms with Gasteiger partial charge in [0, 0.05) is 22.7 Å². The minimum atomic E-state index is -3.18. The van der Waals surface area contributed by atoms with Gasteiger partial charge in [0.2, 0.25) is 15.9 Å². The molecule has 0 atom stereocenters. The molecule has 0 aromatic heterocycles. The van der Waals surface area contributed by atoms with Gasteiger partial charge in [-0.2, -0.15) is 0 Å². The zero-order valence-electron chi connectivity index (χ0n) is 14.7. The standard InChI is InChI=1S/C17H24IN3O4S/c1-2-11-26(24,25)21-9-7-13(8-10-21)20-16(22)12-19-17(23)14-5-3-4-6-15(14)18/h3-6,13H,2,7-12H2,1H3,(H,19,23)(H,20,22). The highest BCUT2D eigenvalue weighted by molar-refractivity contribution is 14.1. The van der Waals surface area contributed by atoms with Crippen molar-refractivity contribution in [3.05, 3.63) is 33.4 Å². The van der Waals surface area contributed by atoms with Crippen LogP contribution in [0, 0.1) is 3.57 Å². The van der Waals surface area contributed by atoms with Gasteiger partial charge >= 0.3 is 0 Å². The van der Waals surface area contributed by atoms with Crippen molar-refractivity contribution in [1.29, 1.82) is 0 Å². The van der Waals surface area contributed by atoms with Crippen LogP contribution in [0.4, 0.5) is 0 Å². The van der Waals surface area contributed by atoms with Crippen molar-refractivity contribution in [2.24, 2.45) is 0 Å². The van der Waals surface area contributed by atoms with E-state index in [0.29, 0.717) is 37.9 Å². The van der Waals surface area contributed by atoms with E-state index in [1.54, 1.807) is 12.1 Å². The number of sulfonamides is 1. The predicted octanol–water partition coefficient (Wildman–Crippen LogP) is 1.34. The third-order valence-corrected chi connectivity index (χ3v) is 7.22. The molecule has 26 heavy (non-hydrogen) atoms. The Balaban J connectivity index is 1.76. The molecule has 1 aromatic rings. The first-order valence-electron chi connectivity index (χ1n) is 8.63. The number of amides is 2. The van der Waals surface area contributed by atoms with Gasteiger partial charge in [0.15, 0.2) is 0 Å². The molecule has 1 aliphatic rings.